The minimum atomic E-state index is -0.691. The van der Waals surface area contributed by atoms with Gasteiger partial charge in [-0.05, 0) is 17.4 Å². The first-order valence-electron chi connectivity index (χ1n) is 7.03. The largest absolute Gasteiger partial charge is 0.367 e. The predicted molar refractivity (Wildman–Crippen MR) is 78.3 cm³/mol. The Kier molecular flexibility index (Phi) is 3.24. The zero-order valence-corrected chi connectivity index (χ0v) is 11.8. The van der Waals surface area contributed by atoms with Crippen molar-refractivity contribution in [3.05, 3.63) is 29.8 Å². The molecule has 1 aromatic rings. The minimum absolute atomic E-state index is 0.388. The van der Waals surface area contributed by atoms with Crippen LogP contribution < -0.4 is 21.4 Å². The Labute approximate surface area is 130 Å². The summed E-state index contributed by atoms with van der Waals surface area (Å²) >= 11 is 0. The number of imide groups is 1. The van der Waals surface area contributed by atoms with Crippen molar-refractivity contribution in [3.8, 4) is 0 Å². The number of carbonyl (C=O) groups excluding carboxylic acids is 2. The number of amides is 3. The summed E-state index contributed by atoms with van der Waals surface area (Å²) in [6, 6.07) is 6.96. The van der Waals surface area contributed by atoms with Crippen molar-refractivity contribution in [3.63, 3.8) is 0 Å². The summed E-state index contributed by atoms with van der Waals surface area (Å²) in [6.45, 7) is 0.481. The van der Waals surface area contributed by atoms with Crippen LogP contribution in [0.3, 0.4) is 0 Å². The van der Waals surface area contributed by atoms with Crippen LogP contribution in [0.4, 0.5) is 10.5 Å². The van der Waals surface area contributed by atoms with Crippen molar-refractivity contribution in [1.29, 1.82) is 0 Å². The molecule has 0 bridgehead atoms. The maximum absolute atomic E-state index is 11.9. The molecule has 3 unspecified atom stereocenters. The zero-order chi connectivity index (χ0) is 15.8. The first-order chi connectivity index (χ1) is 11.2. The normalized spacial score (nSPS) is 28.9. The van der Waals surface area contributed by atoms with E-state index in [-0.39, 0.29) is 5.91 Å². The number of anilines is 1. The van der Waals surface area contributed by atoms with Gasteiger partial charge in [-0.1, -0.05) is 12.1 Å². The van der Waals surface area contributed by atoms with Crippen LogP contribution in [-0.4, -0.2) is 36.6 Å². The van der Waals surface area contributed by atoms with Gasteiger partial charge in [0.05, 0.1) is 5.71 Å². The Bertz CT molecular complexity index is 715. The highest BCUT2D eigenvalue weighted by Crippen LogP contribution is 2.23. The lowest BCUT2D eigenvalue weighted by molar-refractivity contribution is -0.127. The van der Waals surface area contributed by atoms with Gasteiger partial charge in [-0.2, -0.15) is 10.6 Å². The fourth-order valence-corrected chi connectivity index (χ4v) is 2.66. The fraction of sp³-hybridized carbons (Fsp3) is 0.308. The smallest absolute Gasteiger partial charge is 0.323 e. The molecule has 118 valence electrons. The van der Waals surface area contributed by atoms with Gasteiger partial charge in [0.1, 0.15) is 18.6 Å². The summed E-state index contributed by atoms with van der Waals surface area (Å²) in [5.41, 5.74) is 5.28. The van der Waals surface area contributed by atoms with E-state index in [1.807, 2.05) is 24.3 Å². The Hall–Kier alpha value is -2.85. The summed E-state index contributed by atoms with van der Waals surface area (Å²) in [7, 11) is 0. The molecule has 3 atom stereocenters. The molecule has 2 fully saturated rings. The molecule has 23 heavy (non-hydrogen) atoms. The van der Waals surface area contributed by atoms with Crippen LogP contribution >= 0.6 is 0 Å². The molecule has 1 aromatic carbocycles. The number of benzene rings is 1. The minimum Gasteiger partial charge on any atom is -0.367 e. The van der Waals surface area contributed by atoms with E-state index in [4.69, 9.17) is 4.84 Å². The lowest BCUT2D eigenvalue weighted by atomic mass is 10.0. The fourth-order valence-electron chi connectivity index (χ4n) is 2.66. The third-order valence-electron chi connectivity index (χ3n) is 3.81. The summed E-state index contributed by atoms with van der Waals surface area (Å²) in [4.78, 5) is 28.4. The highest BCUT2D eigenvalue weighted by molar-refractivity contribution is 6.02. The summed E-state index contributed by atoms with van der Waals surface area (Å²) < 4.78 is 0. The third kappa shape index (κ3) is 2.53. The number of hydrogen-bond acceptors (Lipinski definition) is 8. The standard InChI is InChI=1S/C13H13N7O3/c21-11-9-10(19-23-12(9)17-13(22)16-11)15-7-3-1-6(2-4-7)8-5-14-20-18-8/h1-4,9-10,12,15,19H,5H2,(H2,16,17,21,22). The highest BCUT2D eigenvalue weighted by Gasteiger charge is 2.47. The van der Waals surface area contributed by atoms with Crippen molar-refractivity contribution in [2.75, 3.05) is 11.9 Å². The first-order valence-corrected chi connectivity index (χ1v) is 7.03. The van der Waals surface area contributed by atoms with Crippen molar-refractivity contribution in [2.45, 2.75) is 12.4 Å². The van der Waals surface area contributed by atoms with E-state index in [2.05, 4.69) is 36.9 Å². The van der Waals surface area contributed by atoms with E-state index in [0.29, 0.717) is 6.54 Å². The SMILES string of the molecule is O=C1NC(=O)C2C(Nc3ccc(C4=NN=NC4)cc3)NOC2N1. The number of hydroxylamine groups is 1. The number of urea groups is 1. The number of nitrogens with one attached hydrogen (secondary N) is 4. The van der Waals surface area contributed by atoms with Crippen molar-refractivity contribution >= 4 is 23.3 Å². The van der Waals surface area contributed by atoms with E-state index in [0.717, 1.165) is 17.0 Å². The van der Waals surface area contributed by atoms with Crippen LogP contribution in [0.15, 0.2) is 39.7 Å². The first kappa shape index (κ1) is 13.8. The van der Waals surface area contributed by atoms with Gasteiger partial charge in [-0.3, -0.25) is 14.9 Å². The van der Waals surface area contributed by atoms with Gasteiger partial charge >= 0.3 is 6.03 Å². The second-order valence-electron chi connectivity index (χ2n) is 5.28. The van der Waals surface area contributed by atoms with Crippen molar-refractivity contribution < 1.29 is 14.4 Å². The molecule has 3 aliphatic heterocycles. The van der Waals surface area contributed by atoms with Crippen molar-refractivity contribution in [2.24, 2.45) is 21.4 Å². The molecule has 2 saturated heterocycles. The monoisotopic (exact) mass is 315 g/mol. The molecule has 3 aliphatic rings. The predicted octanol–water partition coefficient (Wildman–Crippen LogP) is -0.0890. The molecule has 10 nitrogen and oxygen atoms in total. The average molecular weight is 315 g/mol. The van der Waals surface area contributed by atoms with E-state index in [1.165, 1.54) is 0 Å². The van der Waals surface area contributed by atoms with Gasteiger partial charge < -0.3 is 10.6 Å². The van der Waals surface area contributed by atoms with Crippen LogP contribution in [0.25, 0.3) is 0 Å². The Morgan fingerprint density at radius 3 is 2.78 bits per heavy atom. The van der Waals surface area contributed by atoms with Crippen molar-refractivity contribution in [1.82, 2.24) is 16.1 Å². The second-order valence-corrected chi connectivity index (χ2v) is 5.28. The molecular weight excluding hydrogens is 302 g/mol. The highest BCUT2D eigenvalue weighted by atomic mass is 16.7. The topological polar surface area (TPSA) is 129 Å². The number of nitrogens with zero attached hydrogens (tertiary/aromatic N) is 3. The van der Waals surface area contributed by atoms with Crippen LogP contribution in [0.2, 0.25) is 0 Å². The van der Waals surface area contributed by atoms with Crippen LogP contribution in [0.1, 0.15) is 5.56 Å². The van der Waals surface area contributed by atoms with E-state index < -0.39 is 24.3 Å². The van der Waals surface area contributed by atoms with Gasteiger partial charge in [-0.25, -0.2) is 4.79 Å². The maximum atomic E-state index is 11.9. The summed E-state index contributed by atoms with van der Waals surface area (Å²) in [5, 5.41) is 19.3. The van der Waals surface area contributed by atoms with Crippen LogP contribution in [0, 0.1) is 5.92 Å². The molecule has 3 heterocycles. The molecule has 0 aromatic heterocycles. The van der Waals surface area contributed by atoms with Crippen LogP contribution in [-0.2, 0) is 9.63 Å². The molecule has 10 heteroatoms. The average Bonchev–Trinajstić information content (AvgIpc) is 3.18. The molecular formula is C13H13N7O3. The van der Waals surface area contributed by atoms with Gasteiger partial charge in [-0.15, -0.1) is 5.10 Å². The quantitative estimate of drug-likeness (QED) is 0.619. The van der Waals surface area contributed by atoms with E-state index >= 15 is 0 Å². The second kappa shape index (κ2) is 5.41. The van der Waals surface area contributed by atoms with Gasteiger partial charge in [0, 0.05) is 11.3 Å². The molecule has 0 saturated carbocycles. The number of hydrogen-bond donors (Lipinski definition) is 4. The van der Waals surface area contributed by atoms with E-state index in [9.17, 15) is 9.59 Å². The molecule has 0 radical (unpaired) electrons. The molecule has 0 aliphatic carbocycles. The number of carbonyl (C=O) groups is 2. The molecule has 4 N–H and O–H groups in total. The molecule has 3 amide bonds. The Morgan fingerprint density at radius 1 is 1.22 bits per heavy atom. The van der Waals surface area contributed by atoms with Crippen LogP contribution in [0.5, 0.6) is 0 Å². The Morgan fingerprint density at radius 2 is 2.04 bits per heavy atom. The maximum Gasteiger partial charge on any atom is 0.323 e. The van der Waals surface area contributed by atoms with E-state index in [1.54, 1.807) is 0 Å². The Balaban J connectivity index is 1.46. The molecule has 0 spiro atoms. The number of fused-ring (bicyclic) bond motifs is 1. The lowest BCUT2D eigenvalue weighted by Gasteiger charge is -2.26. The molecule has 4 rings (SSSR count). The van der Waals surface area contributed by atoms with Gasteiger partial charge in [0.25, 0.3) is 0 Å². The van der Waals surface area contributed by atoms with Gasteiger partial charge in [0.2, 0.25) is 5.91 Å². The summed E-state index contributed by atoms with van der Waals surface area (Å²) in [5.74, 6) is -0.953. The zero-order valence-electron chi connectivity index (χ0n) is 11.8. The number of rotatable bonds is 3. The third-order valence-corrected chi connectivity index (χ3v) is 3.81. The summed E-state index contributed by atoms with van der Waals surface area (Å²) in [6.07, 6.45) is -1.15. The lowest BCUT2D eigenvalue weighted by Crippen LogP contribution is -2.59. The van der Waals surface area contributed by atoms with Gasteiger partial charge in [0.15, 0.2) is 6.23 Å².